The third-order valence-corrected chi connectivity index (χ3v) is 1.20. The first-order valence-electron chi connectivity index (χ1n) is 4.20. The second-order valence-corrected chi connectivity index (χ2v) is 2.35. The Bertz CT molecular complexity index is 288. The Labute approximate surface area is 84.5 Å². The van der Waals surface area contributed by atoms with Crippen LogP contribution in [0.4, 0.5) is 0 Å². The van der Waals surface area contributed by atoms with Crippen molar-refractivity contribution in [2.45, 2.75) is 6.92 Å². The molecule has 2 heteroatoms. The molecule has 1 aromatic rings. The second kappa shape index (κ2) is 7.80. The van der Waals surface area contributed by atoms with Crippen molar-refractivity contribution in [2.75, 3.05) is 0 Å². The van der Waals surface area contributed by atoms with Crippen molar-refractivity contribution >= 4 is 5.97 Å². The lowest BCUT2D eigenvalue weighted by Gasteiger charge is -1.96. The SMILES string of the molecule is C=CC.C=COC(=O)c1ccccc1. The number of hydrogen-bond acceptors (Lipinski definition) is 2. The van der Waals surface area contributed by atoms with Crippen LogP contribution in [0.2, 0.25) is 0 Å². The van der Waals surface area contributed by atoms with Crippen molar-refractivity contribution < 1.29 is 9.53 Å². The van der Waals surface area contributed by atoms with Gasteiger partial charge >= 0.3 is 5.97 Å². The molecule has 0 saturated heterocycles. The maximum Gasteiger partial charge on any atom is 0.342 e. The summed E-state index contributed by atoms with van der Waals surface area (Å²) in [6.45, 7) is 8.53. The molecule has 0 aromatic heterocycles. The molecular weight excluding hydrogens is 176 g/mol. The molecule has 0 spiro atoms. The molecule has 0 amide bonds. The van der Waals surface area contributed by atoms with Gasteiger partial charge in [-0.3, -0.25) is 0 Å². The first-order chi connectivity index (χ1) is 6.76. The summed E-state index contributed by atoms with van der Waals surface area (Å²) in [6, 6.07) is 8.77. The Morgan fingerprint density at radius 2 is 1.79 bits per heavy atom. The normalized spacial score (nSPS) is 7.79. The van der Waals surface area contributed by atoms with Gasteiger partial charge in [-0.05, 0) is 19.1 Å². The number of esters is 1. The topological polar surface area (TPSA) is 26.3 Å². The van der Waals surface area contributed by atoms with E-state index in [0.29, 0.717) is 5.56 Å². The first-order valence-corrected chi connectivity index (χ1v) is 4.20. The van der Waals surface area contributed by atoms with Gasteiger partial charge in [0.15, 0.2) is 0 Å². The van der Waals surface area contributed by atoms with Gasteiger partial charge in [-0.2, -0.15) is 0 Å². The van der Waals surface area contributed by atoms with Crippen LogP contribution in [-0.2, 0) is 4.74 Å². The maximum absolute atomic E-state index is 11.0. The number of rotatable bonds is 2. The Morgan fingerprint density at radius 3 is 2.21 bits per heavy atom. The van der Waals surface area contributed by atoms with E-state index in [1.165, 1.54) is 0 Å². The molecule has 1 rings (SSSR count). The lowest BCUT2D eigenvalue weighted by Crippen LogP contribution is -1.98. The third-order valence-electron chi connectivity index (χ3n) is 1.20. The lowest BCUT2D eigenvalue weighted by molar-refractivity contribution is 0.0664. The third kappa shape index (κ3) is 4.93. The van der Waals surface area contributed by atoms with Crippen molar-refractivity contribution in [2.24, 2.45) is 0 Å². The number of hydrogen-bond donors (Lipinski definition) is 0. The number of ether oxygens (including phenoxy) is 1. The molecule has 1 aromatic carbocycles. The van der Waals surface area contributed by atoms with E-state index in [0.717, 1.165) is 6.26 Å². The number of benzene rings is 1. The summed E-state index contributed by atoms with van der Waals surface area (Å²) in [5, 5.41) is 0. The highest BCUT2D eigenvalue weighted by atomic mass is 16.5. The van der Waals surface area contributed by atoms with Crippen LogP contribution < -0.4 is 0 Å². The van der Waals surface area contributed by atoms with E-state index >= 15 is 0 Å². The van der Waals surface area contributed by atoms with Crippen molar-refractivity contribution in [3.63, 3.8) is 0 Å². The molecular formula is C12H14O2. The minimum absolute atomic E-state index is 0.374. The van der Waals surface area contributed by atoms with Crippen molar-refractivity contribution in [3.8, 4) is 0 Å². The van der Waals surface area contributed by atoms with E-state index in [1.54, 1.807) is 30.3 Å². The second-order valence-electron chi connectivity index (χ2n) is 2.35. The van der Waals surface area contributed by atoms with E-state index in [9.17, 15) is 4.79 Å². The predicted molar refractivity (Wildman–Crippen MR) is 57.9 cm³/mol. The van der Waals surface area contributed by atoms with E-state index in [1.807, 2.05) is 13.0 Å². The highest BCUT2D eigenvalue weighted by molar-refractivity contribution is 5.89. The molecule has 0 aliphatic heterocycles. The smallest absolute Gasteiger partial charge is 0.342 e. The molecule has 0 bridgehead atoms. The fraction of sp³-hybridized carbons (Fsp3) is 0.0833. The Hall–Kier alpha value is -1.83. The monoisotopic (exact) mass is 190 g/mol. The van der Waals surface area contributed by atoms with Crippen LogP contribution in [0.15, 0.2) is 55.8 Å². The largest absolute Gasteiger partial charge is 0.432 e. The van der Waals surface area contributed by atoms with Crippen LogP contribution >= 0.6 is 0 Å². The fourth-order valence-corrected chi connectivity index (χ4v) is 0.718. The predicted octanol–water partition coefficient (Wildman–Crippen LogP) is 3.18. The minimum atomic E-state index is -0.374. The molecule has 0 radical (unpaired) electrons. The van der Waals surface area contributed by atoms with Gasteiger partial charge < -0.3 is 4.74 Å². The number of allylic oxidation sites excluding steroid dienone is 1. The van der Waals surface area contributed by atoms with Crippen LogP contribution in [0.3, 0.4) is 0 Å². The zero-order valence-electron chi connectivity index (χ0n) is 8.27. The highest BCUT2D eigenvalue weighted by Crippen LogP contribution is 2.00. The first kappa shape index (κ1) is 12.2. The summed E-state index contributed by atoms with van der Waals surface area (Å²) in [4.78, 5) is 11.0. The molecule has 0 atom stereocenters. The zero-order valence-corrected chi connectivity index (χ0v) is 8.27. The van der Waals surface area contributed by atoms with Crippen LogP contribution in [0.5, 0.6) is 0 Å². The summed E-state index contributed by atoms with van der Waals surface area (Å²) in [5.74, 6) is -0.374. The molecule has 0 aliphatic rings. The van der Waals surface area contributed by atoms with E-state index in [-0.39, 0.29) is 5.97 Å². The summed E-state index contributed by atoms with van der Waals surface area (Å²) >= 11 is 0. The van der Waals surface area contributed by atoms with Gasteiger partial charge in [0.2, 0.25) is 0 Å². The van der Waals surface area contributed by atoms with Crippen LogP contribution in [-0.4, -0.2) is 5.97 Å². The van der Waals surface area contributed by atoms with E-state index < -0.39 is 0 Å². The lowest BCUT2D eigenvalue weighted by atomic mass is 10.2. The van der Waals surface area contributed by atoms with Crippen molar-refractivity contribution in [1.29, 1.82) is 0 Å². The van der Waals surface area contributed by atoms with Gasteiger partial charge in [0, 0.05) is 0 Å². The van der Waals surface area contributed by atoms with Crippen molar-refractivity contribution in [1.82, 2.24) is 0 Å². The van der Waals surface area contributed by atoms with E-state index in [4.69, 9.17) is 0 Å². The number of carbonyl (C=O) groups excluding carboxylic acids is 1. The molecule has 74 valence electrons. The molecule has 0 heterocycles. The molecule has 0 unspecified atom stereocenters. The van der Waals surface area contributed by atoms with Gasteiger partial charge in [-0.1, -0.05) is 30.9 Å². The standard InChI is InChI=1S/C9H8O2.C3H6/c1-2-11-9(10)8-6-4-3-5-7-8;1-3-2/h2-7H,1H2;3H,1H2,2H3. The average molecular weight is 190 g/mol. The fourth-order valence-electron chi connectivity index (χ4n) is 0.718. The summed E-state index contributed by atoms with van der Waals surface area (Å²) < 4.78 is 4.55. The van der Waals surface area contributed by atoms with Crippen LogP contribution in [0.25, 0.3) is 0 Å². The molecule has 14 heavy (non-hydrogen) atoms. The molecule has 0 N–H and O–H groups in total. The summed E-state index contributed by atoms with van der Waals surface area (Å²) in [6.07, 6.45) is 2.87. The van der Waals surface area contributed by atoms with Gasteiger partial charge in [-0.15, -0.1) is 6.58 Å². The Kier molecular flexibility index (Phi) is 6.78. The highest BCUT2D eigenvalue weighted by Gasteiger charge is 2.01. The maximum atomic E-state index is 11.0. The minimum Gasteiger partial charge on any atom is -0.432 e. The molecule has 0 aliphatic carbocycles. The van der Waals surface area contributed by atoms with Gasteiger partial charge in [0.1, 0.15) is 0 Å². The summed E-state index contributed by atoms with van der Waals surface area (Å²) in [5.41, 5.74) is 0.535. The number of carbonyl (C=O) groups is 1. The van der Waals surface area contributed by atoms with Gasteiger partial charge in [0.05, 0.1) is 11.8 Å². The van der Waals surface area contributed by atoms with Gasteiger partial charge in [0.25, 0.3) is 0 Å². The van der Waals surface area contributed by atoms with Crippen molar-refractivity contribution in [3.05, 3.63) is 61.4 Å². The van der Waals surface area contributed by atoms with Gasteiger partial charge in [-0.25, -0.2) is 4.79 Å². The zero-order chi connectivity index (χ0) is 10.8. The quantitative estimate of drug-likeness (QED) is 0.406. The summed E-state index contributed by atoms with van der Waals surface area (Å²) in [7, 11) is 0. The Morgan fingerprint density at radius 1 is 1.29 bits per heavy atom. The van der Waals surface area contributed by atoms with Crippen LogP contribution in [0.1, 0.15) is 17.3 Å². The van der Waals surface area contributed by atoms with E-state index in [2.05, 4.69) is 17.9 Å². The molecule has 0 saturated carbocycles. The molecule has 0 fully saturated rings. The Balaban J connectivity index is 0.000000500. The molecule has 2 nitrogen and oxygen atoms in total. The average Bonchev–Trinajstić information content (AvgIpc) is 2.21. The van der Waals surface area contributed by atoms with Crippen LogP contribution in [0, 0.1) is 0 Å².